The maximum absolute atomic E-state index is 2.58. The molecule has 0 radical (unpaired) electrons. The van der Waals surface area contributed by atoms with Crippen LogP contribution >= 0.6 is 0 Å². The Morgan fingerprint density at radius 2 is 0.633 bits per heavy atom. The molecular formula is C26H62Si4. The van der Waals surface area contributed by atoms with Crippen LogP contribution < -0.4 is 0 Å². The number of unbranched alkanes of at least 4 members (excludes halogenated alkanes) is 5. The van der Waals surface area contributed by atoms with Crippen molar-refractivity contribution in [3.8, 4) is 0 Å². The second-order valence-electron chi connectivity index (χ2n) is 14.3. The van der Waals surface area contributed by atoms with Crippen molar-refractivity contribution in [2.45, 2.75) is 166 Å². The summed E-state index contributed by atoms with van der Waals surface area (Å²) in [5.74, 6) is 0. The second-order valence-corrected chi connectivity index (χ2v) is 36.1. The smallest absolute Gasteiger partial charge is 0.0535 e. The maximum atomic E-state index is 2.58. The summed E-state index contributed by atoms with van der Waals surface area (Å²) in [4.78, 5) is 0. The minimum absolute atomic E-state index is 0.896. The first-order valence-corrected chi connectivity index (χ1v) is 27.6. The number of hydrogen-bond acceptors (Lipinski definition) is 0. The molecule has 0 bridgehead atoms. The molecule has 0 N–H and O–H groups in total. The normalized spacial score (nSPS) is 13.8. The van der Waals surface area contributed by atoms with Gasteiger partial charge in [0.1, 0.15) is 0 Å². The van der Waals surface area contributed by atoms with Crippen LogP contribution in [0, 0.1) is 0 Å². The van der Waals surface area contributed by atoms with E-state index in [4.69, 9.17) is 0 Å². The van der Waals surface area contributed by atoms with Crippen molar-refractivity contribution >= 4 is 32.3 Å². The van der Waals surface area contributed by atoms with E-state index in [1.54, 1.807) is 68.0 Å². The van der Waals surface area contributed by atoms with E-state index in [-0.39, 0.29) is 0 Å². The standard InChI is InChI=1S/C26H62Si4/c1-11-12-13-14-15-16-23-30(24-17-20-27(2,3)4,25-18-21-28(5,6)7)26-19-22-29(8,9)10/h11-26H2,1-10H3. The summed E-state index contributed by atoms with van der Waals surface area (Å²) in [5.41, 5.74) is 0. The molecule has 0 saturated carbocycles. The molecular weight excluding hydrogens is 425 g/mol. The van der Waals surface area contributed by atoms with Gasteiger partial charge in [0.15, 0.2) is 0 Å². The van der Waals surface area contributed by atoms with Gasteiger partial charge in [-0.15, -0.1) is 0 Å². The zero-order valence-corrected chi connectivity index (χ0v) is 27.3. The first kappa shape index (κ1) is 30.9. The first-order chi connectivity index (χ1) is 13.7. The summed E-state index contributed by atoms with van der Waals surface area (Å²) in [7, 11) is -3.79. The Balaban J connectivity index is 5.08. The van der Waals surface area contributed by atoms with Crippen LogP contribution in [-0.4, -0.2) is 32.3 Å². The fraction of sp³-hybridized carbons (Fsp3) is 1.00. The molecule has 0 aromatic carbocycles. The number of rotatable bonds is 19. The van der Waals surface area contributed by atoms with Crippen LogP contribution in [-0.2, 0) is 0 Å². The van der Waals surface area contributed by atoms with Gasteiger partial charge in [-0.25, -0.2) is 0 Å². The van der Waals surface area contributed by atoms with Crippen LogP contribution in [0.5, 0.6) is 0 Å². The summed E-state index contributed by atoms with van der Waals surface area (Å²) < 4.78 is 0. The van der Waals surface area contributed by atoms with Gasteiger partial charge in [0.25, 0.3) is 0 Å². The summed E-state index contributed by atoms with van der Waals surface area (Å²) in [6.45, 7) is 25.6. The Morgan fingerprint density at radius 1 is 0.333 bits per heavy atom. The molecule has 0 aliphatic carbocycles. The monoisotopic (exact) mass is 486 g/mol. The molecule has 0 fully saturated rings. The van der Waals surface area contributed by atoms with E-state index < -0.39 is 32.3 Å². The predicted octanol–water partition coefficient (Wildman–Crippen LogP) is 11.0. The van der Waals surface area contributed by atoms with Gasteiger partial charge in [-0.2, -0.15) is 0 Å². The lowest BCUT2D eigenvalue weighted by Gasteiger charge is -2.35. The lowest BCUT2D eigenvalue weighted by molar-refractivity contribution is 0.620. The van der Waals surface area contributed by atoms with E-state index in [1.165, 1.54) is 32.1 Å². The predicted molar refractivity (Wildman–Crippen MR) is 157 cm³/mol. The third-order valence-corrected chi connectivity index (χ3v) is 18.2. The minimum atomic E-state index is -1.10. The van der Waals surface area contributed by atoms with Crippen LogP contribution in [0.25, 0.3) is 0 Å². The van der Waals surface area contributed by atoms with Crippen LogP contribution in [0.2, 0.25) is 101 Å². The molecule has 0 unspecified atom stereocenters. The van der Waals surface area contributed by atoms with Crippen molar-refractivity contribution in [3.05, 3.63) is 0 Å². The highest BCUT2D eigenvalue weighted by molar-refractivity contribution is 6.81. The number of hydrogen-bond donors (Lipinski definition) is 0. The first-order valence-electron chi connectivity index (χ1n) is 13.7. The molecule has 0 aromatic rings. The topological polar surface area (TPSA) is 0 Å². The molecule has 0 aliphatic heterocycles. The maximum Gasteiger partial charge on any atom is 0.0535 e. The summed E-state index contributed by atoms with van der Waals surface area (Å²) >= 11 is 0. The molecule has 0 spiro atoms. The van der Waals surface area contributed by atoms with Gasteiger partial charge in [-0.3, -0.25) is 0 Å². The van der Waals surface area contributed by atoms with Crippen molar-refractivity contribution in [3.63, 3.8) is 0 Å². The van der Waals surface area contributed by atoms with Crippen molar-refractivity contribution in [2.24, 2.45) is 0 Å². The average molecular weight is 487 g/mol. The van der Waals surface area contributed by atoms with Crippen LogP contribution in [0.15, 0.2) is 0 Å². The van der Waals surface area contributed by atoms with E-state index in [0.29, 0.717) is 0 Å². The fourth-order valence-corrected chi connectivity index (χ4v) is 15.1. The Bertz CT molecular complexity index is 362. The molecule has 0 atom stereocenters. The van der Waals surface area contributed by atoms with Gasteiger partial charge >= 0.3 is 0 Å². The van der Waals surface area contributed by atoms with E-state index in [2.05, 4.69) is 65.8 Å². The molecule has 182 valence electrons. The SMILES string of the molecule is CCCCCCCC[Si](CCC[Si](C)(C)C)(CCC[Si](C)(C)C)CCC[Si](C)(C)C. The van der Waals surface area contributed by atoms with Crippen LogP contribution in [0.1, 0.15) is 64.7 Å². The molecule has 0 heterocycles. The average Bonchev–Trinajstić information content (AvgIpc) is 2.54. The highest BCUT2D eigenvalue weighted by atomic mass is 28.3. The fourth-order valence-electron chi connectivity index (χ4n) is 5.01. The minimum Gasteiger partial charge on any atom is -0.0695 e. The third kappa shape index (κ3) is 19.5. The Kier molecular flexibility index (Phi) is 15.3. The zero-order valence-electron chi connectivity index (χ0n) is 23.3. The lowest BCUT2D eigenvalue weighted by Crippen LogP contribution is -2.36. The molecule has 0 aliphatic rings. The molecule has 4 heteroatoms. The molecule has 0 rings (SSSR count). The second kappa shape index (κ2) is 14.9. The van der Waals surface area contributed by atoms with Gasteiger partial charge in [0, 0.05) is 24.2 Å². The molecule has 0 amide bonds. The molecule has 30 heavy (non-hydrogen) atoms. The largest absolute Gasteiger partial charge is 0.0695 e. The van der Waals surface area contributed by atoms with Gasteiger partial charge in [-0.1, -0.05) is 166 Å². The Hall–Kier alpha value is 0.868. The third-order valence-electron chi connectivity index (χ3n) is 6.96. The van der Waals surface area contributed by atoms with E-state index in [1.807, 2.05) is 0 Å². The summed E-state index contributed by atoms with van der Waals surface area (Å²) in [5, 5.41) is 0. The van der Waals surface area contributed by atoms with Gasteiger partial charge in [0.05, 0.1) is 8.07 Å². The van der Waals surface area contributed by atoms with E-state index in [0.717, 1.165) is 0 Å². The molecule has 0 nitrogen and oxygen atoms in total. The van der Waals surface area contributed by atoms with Gasteiger partial charge in [0.2, 0.25) is 0 Å². The Morgan fingerprint density at radius 3 is 0.967 bits per heavy atom. The van der Waals surface area contributed by atoms with Crippen LogP contribution in [0.3, 0.4) is 0 Å². The lowest BCUT2D eigenvalue weighted by atomic mass is 10.1. The van der Waals surface area contributed by atoms with Gasteiger partial charge < -0.3 is 0 Å². The summed E-state index contributed by atoms with van der Waals surface area (Å²) in [6, 6.07) is 11.4. The van der Waals surface area contributed by atoms with Gasteiger partial charge in [-0.05, 0) is 0 Å². The van der Waals surface area contributed by atoms with Crippen molar-refractivity contribution < 1.29 is 0 Å². The van der Waals surface area contributed by atoms with E-state index in [9.17, 15) is 0 Å². The van der Waals surface area contributed by atoms with Crippen molar-refractivity contribution in [1.82, 2.24) is 0 Å². The zero-order chi connectivity index (χ0) is 23.3. The Labute approximate surface area is 197 Å². The highest BCUT2D eigenvalue weighted by Crippen LogP contribution is 2.36. The molecule has 0 aromatic heterocycles. The van der Waals surface area contributed by atoms with Crippen molar-refractivity contribution in [1.29, 1.82) is 0 Å². The summed E-state index contributed by atoms with van der Waals surface area (Å²) in [6.07, 6.45) is 13.6. The van der Waals surface area contributed by atoms with Crippen LogP contribution in [0.4, 0.5) is 0 Å². The van der Waals surface area contributed by atoms with E-state index >= 15 is 0 Å². The van der Waals surface area contributed by atoms with Crippen molar-refractivity contribution in [2.75, 3.05) is 0 Å². The quantitative estimate of drug-likeness (QED) is 0.126. The molecule has 0 saturated heterocycles. The highest BCUT2D eigenvalue weighted by Gasteiger charge is 2.32.